The fourth-order valence-corrected chi connectivity index (χ4v) is 2.54. The van der Waals surface area contributed by atoms with E-state index in [0.29, 0.717) is 10.6 Å². The number of methoxy groups -OCH3 is 1. The van der Waals surface area contributed by atoms with E-state index in [4.69, 9.17) is 4.74 Å². The Morgan fingerprint density at radius 2 is 1.83 bits per heavy atom. The molecule has 18 heavy (non-hydrogen) atoms. The van der Waals surface area contributed by atoms with Crippen molar-refractivity contribution in [2.45, 2.75) is 23.0 Å². The van der Waals surface area contributed by atoms with Crippen molar-refractivity contribution in [1.82, 2.24) is 0 Å². The molecule has 1 aromatic carbocycles. The number of carboxylic acids is 2. The zero-order valence-corrected chi connectivity index (χ0v) is 10.9. The summed E-state index contributed by atoms with van der Waals surface area (Å²) in [6.07, 6.45) is -0.0274. The number of para-hydroxylation sites is 1. The summed E-state index contributed by atoms with van der Waals surface area (Å²) in [6, 6.07) is 6.74. The molecule has 0 fully saturated rings. The van der Waals surface area contributed by atoms with Crippen molar-refractivity contribution in [3.8, 4) is 5.75 Å². The van der Waals surface area contributed by atoms with E-state index >= 15 is 0 Å². The molecular formula is C12H14O5S. The summed E-state index contributed by atoms with van der Waals surface area (Å²) in [4.78, 5) is 23.0. The summed E-state index contributed by atoms with van der Waals surface area (Å²) in [5.74, 6) is -2.27. The SMILES string of the molecule is CCC(Sc1ccccc1OC)(C(=O)O)C(=O)O. The Morgan fingerprint density at radius 1 is 1.28 bits per heavy atom. The molecule has 0 aromatic heterocycles. The number of carbonyl (C=O) groups is 2. The highest BCUT2D eigenvalue weighted by atomic mass is 32.2. The zero-order chi connectivity index (χ0) is 13.8. The lowest BCUT2D eigenvalue weighted by Gasteiger charge is -2.23. The molecule has 1 aromatic rings. The number of benzene rings is 1. The Morgan fingerprint density at radius 3 is 2.28 bits per heavy atom. The van der Waals surface area contributed by atoms with Gasteiger partial charge in [0.2, 0.25) is 4.75 Å². The first-order valence-corrected chi connectivity index (χ1v) is 6.08. The number of hydrogen-bond donors (Lipinski definition) is 2. The Kier molecular flexibility index (Phi) is 4.61. The van der Waals surface area contributed by atoms with Crippen LogP contribution in [0, 0.1) is 0 Å². The minimum absolute atomic E-state index is 0.0274. The first-order chi connectivity index (χ1) is 8.47. The van der Waals surface area contributed by atoms with Crippen LogP contribution in [0.1, 0.15) is 13.3 Å². The van der Waals surface area contributed by atoms with Gasteiger partial charge in [0.05, 0.1) is 12.0 Å². The monoisotopic (exact) mass is 270 g/mol. The Balaban J connectivity index is 3.19. The minimum Gasteiger partial charge on any atom is -0.496 e. The quantitative estimate of drug-likeness (QED) is 0.608. The second-order valence-electron chi connectivity index (χ2n) is 3.54. The average Bonchev–Trinajstić information content (AvgIpc) is 2.35. The highest BCUT2D eigenvalue weighted by Gasteiger charge is 2.46. The molecule has 0 spiro atoms. The summed E-state index contributed by atoms with van der Waals surface area (Å²) in [5.41, 5.74) is 0. The van der Waals surface area contributed by atoms with E-state index < -0.39 is 16.7 Å². The number of hydrogen-bond acceptors (Lipinski definition) is 4. The van der Waals surface area contributed by atoms with Gasteiger partial charge in [0.15, 0.2) is 0 Å². The minimum atomic E-state index is -1.89. The van der Waals surface area contributed by atoms with Gasteiger partial charge in [-0.3, -0.25) is 9.59 Å². The van der Waals surface area contributed by atoms with Crippen molar-refractivity contribution in [3.63, 3.8) is 0 Å². The van der Waals surface area contributed by atoms with Gasteiger partial charge in [-0.05, 0) is 18.6 Å². The van der Waals surface area contributed by atoms with Crippen LogP contribution < -0.4 is 4.74 Å². The molecule has 2 N–H and O–H groups in total. The first-order valence-electron chi connectivity index (χ1n) is 5.26. The molecule has 0 saturated carbocycles. The predicted molar refractivity (Wildman–Crippen MR) is 67.1 cm³/mol. The van der Waals surface area contributed by atoms with Crippen LogP contribution in [0.5, 0.6) is 5.75 Å². The van der Waals surface area contributed by atoms with E-state index in [1.165, 1.54) is 14.0 Å². The van der Waals surface area contributed by atoms with E-state index in [1.807, 2.05) is 0 Å². The summed E-state index contributed by atoms with van der Waals surface area (Å²) < 4.78 is 3.19. The molecule has 0 aliphatic carbocycles. The van der Waals surface area contributed by atoms with Crippen molar-refractivity contribution in [2.75, 3.05) is 7.11 Å². The van der Waals surface area contributed by atoms with Gasteiger partial charge in [0, 0.05) is 0 Å². The largest absolute Gasteiger partial charge is 0.496 e. The van der Waals surface area contributed by atoms with E-state index in [1.54, 1.807) is 24.3 Å². The van der Waals surface area contributed by atoms with E-state index in [0.717, 1.165) is 11.8 Å². The number of carboxylic acid groups (broad SMARTS) is 2. The Bertz CT molecular complexity index is 444. The first kappa shape index (κ1) is 14.4. The molecular weight excluding hydrogens is 256 g/mol. The average molecular weight is 270 g/mol. The highest BCUT2D eigenvalue weighted by Crippen LogP contribution is 2.40. The fraction of sp³-hybridized carbons (Fsp3) is 0.333. The molecule has 0 radical (unpaired) electrons. The number of rotatable bonds is 6. The fourth-order valence-electron chi connectivity index (χ4n) is 1.44. The summed E-state index contributed by atoms with van der Waals surface area (Å²) in [6.45, 7) is 1.53. The van der Waals surface area contributed by atoms with Gasteiger partial charge in [-0.2, -0.15) is 0 Å². The lowest BCUT2D eigenvalue weighted by Crippen LogP contribution is -2.42. The van der Waals surface area contributed by atoms with Gasteiger partial charge in [-0.1, -0.05) is 30.8 Å². The van der Waals surface area contributed by atoms with Gasteiger partial charge in [0.25, 0.3) is 0 Å². The molecule has 0 unspecified atom stereocenters. The van der Waals surface area contributed by atoms with Crippen LogP contribution in [-0.4, -0.2) is 34.0 Å². The summed E-state index contributed by atoms with van der Waals surface area (Å²) in [5, 5.41) is 18.4. The topological polar surface area (TPSA) is 83.8 Å². The molecule has 0 aliphatic rings. The maximum atomic E-state index is 11.3. The lowest BCUT2D eigenvalue weighted by atomic mass is 10.1. The predicted octanol–water partition coefficient (Wildman–Crippen LogP) is 2.11. The lowest BCUT2D eigenvalue weighted by molar-refractivity contribution is -0.151. The molecule has 5 nitrogen and oxygen atoms in total. The van der Waals surface area contributed by atoms with Crippen LogP contribution in [0.15, 0.2) is 29.2 Å². The standard InChI is InChI=1S/C12H14O5S/c1-3-12(10(13)14,11(15)16)18-9-7-5-4-6-8(9)17-2/h4-7H,3H2,1-2H3,(H,13,14)(H,15,16). The van der Waals surface area contributed by atoms with Crippen LogP contribution >= 0.6 is 11.8 Å². The number of ether oxygens (including phenoxy) is 1. The molecule has 6 heteroatoms. The molecule has 1 rings (SSSR count). The van der Waals surface area contributed by atoms with Crippen LogP contribution in [0.3, 0.4) is 0 Å². The normalized spacial score (nSPS) is 11.0. The molecule has 0 aliphatic heterocycles. The molecule has 0 saturated heterocycles. The third-order valence-corrected chi connectivity index (χ3v) is 4.09. The van der Waals surface area contributed by atoms with Gasteiger partial charge >= 0.3 is 11.9 Å². The van der Waals surface area contributed by atoms with Crippen LogP contribution in [0.4, 0.5) is 0 Å². The summed E-state index contributed by atoms with van der Waals surface area (Å²) >= 11 is 0.779. The van der Waals surface area contributed by atoms with Crippen LogP contribution in [0.2, 0.25) is 0 Å². The smallest absolute Gasteiger partial charge is 0.331 e. The molecule has 0 atom stereocenters. The van der Waals surface area contributed by atoms with E-state index in [2.05, 4.69) is 0 Å². The van der Waals surface area contributed by atoms with Crippen LogP contribution in [-0.2, 0) is 9.59 Å². The van der Waals surface area contributed by atoms with Gasteiger partial charge in [-0.25, -0.2) is 0 Å². The van der Waals surface area contributed by atoms with Crippen LogP contribution in [0.25, 0.3) is 0 Å². The second kappa shape index (κ2) is 5.77. The number of thioether (sulfide) groups is 1. The summed E-state index contributed by atoms with van der Waals surface area (Å²) in [7, 11) is 1.45. The molecule has 0 heterocycles. The molecule has 98 valence electrons. The van der Waals surface area contributed by atoms with Crippen molar-refractivity contribution < 1.29 is 24.5 Å². The van der Waals surface area contributed by atoms with Gasteiger partial charge in [-0.15, -0.1) is 0 Å². The zero-order valence-electron chi connectivity index (χ0n) is 10.0. The third kappa shape index (κ3) is 2.59. The third-order valence-electron chi connectivity index (χ3n) is 2.54. The molecule has 0 bridgehead atoms. The Hall–Kier alpha value is -1.69. The van der Waals surface area contributed by atoms with Gasteiger partial charge in [0.1, 0.15) is 5.75 Å². The maximum Gasteiger partial charge on any atom is 0.331 e. The Labute approximate surface area is 109 Å². The van der Waals surface area contributed by atoms with Crippen molar-refractivity contribution >= 4 is 23.7 Å². The van der Waals surface area contributed by atoms with Gasteiger partial charge < -0.3 is 14.9 Å². The second-order valence-corrected chi connectivity index (χ2v) is 4.88. The maximum absolute atomic E-state index is 11.3. The van der Waals surface area contributed by atoms with Crippen molar-refractivity contribution in [2.24, 2.45) is 0 Å². The van der Waals surface area contributed by atoms with E-state index in [-0.39, 0.29) is 6.42 Å². The van der Waals surface area contributed by atoms with Crippen molar-refractivity contribution in [1.29, 1.82) is 0 Å². The number of aliphatic carboxylic acids is 2. The molecule has 0 amide bonds. The van der Waals surface area contributed by atoms with E-state index in [9.17, 15) is 19.8 Å². The highest BCUT2D eigenvalue weighted by molar-refractivity contribution is 8.02. The van der Waals surface area contributed by atoms with Crippen molar-refractivity contribution in [3.05, 3.63) is 24.3 Å².